The number of benzene rings is 1. The van der Waals surface area contributed by atoms with Crippen molar-refractivity contribution in [2.75, 3.05) is 11.5 Å². The summed E-state index contributed by atoms with van der Waals surface area (Å²) >= 11 is 0. The minimum absolute atomic E-state index is 0.192. The lowest BCUT2D eigenvalue weighted by molar-refractivity contribution is 0.588. The quantitative estimate of drug-likeness (QED) is 0.879. The van der Waals surface area contributed by atoms with Gasteiger partial charge in [-0.3, -0.25) is 0 Å². The maximum atomic E-state index is 11.8. The van der Waals surface area contributed by atoms with Gasteiger partial charge in [-0.2, -0.15) is 0 Å². The SMILES string of the molecule is CCCS(=O)(=O)CCn1ccc2ccc(CN)cc21. The van der Waals surface area contributed by atoms with Crippen molar-refractivity contribution in [1.29, 1.82) is 0 Å². The Labute approximate surface area is 114 Å². The maximum absolute atomic E-state index is 11.8. The monoisotopic (exact) mass is 280 g/mol. The van der Waals surface area contributed by atoms with E-state index in [1.807, 2.05) is 42.0 Å². The van der Waals surface area contributed by atoms with Crippen LogP contribution in [0.2, 0.25) is 0 Å². The second-order valence-electron chi connectivity index (χ2n) is 4.76. The molecule has 0 saturated carbocycles. The molecule has 0 saturated heterocycles. The van der Waals surface area contributed by atoms with Gasteiger partial charge in [-0.1, -0.05) is 19.1 Å². The van der Waals surface area contributed by atoms with Crippen LogP contribution in [0.5, 0.6) is 0 Å². The van der Waals surface area contributed by atoms with E-state index >= 15 is 0 Å². The van der Waals surface area contributed by atoms with Crippen LogP contribution in [0.3, 0.4) is 0 Å². The number of aryl methyl sites for hydroxylation is 1. The molecule has 0 fully saturated rings. The van der Waals surface area contributed by atoms with Crippen molar-refractivity contribution in [3.8, 4) is 0 Å². The normalized spacial score (nSPS) is 12.1. The third kappa shape index (κ3) is 3.36. The molecule has 2 aromatic rings. The van der Waals surface area contributed by atoms with Crippen molar-refractivity contribution in [3.05, 3.63) is 36.0 Å². The summed E-state index contributed by atoms with van der Waals surface area (Å²) < 4.78 is 25.5. The van der Waals surface area contributed by atoms with E-state index in [1.165, 1.54) is 0 Å². The number of hydrogen-bond donors (Lipinski definition) is 1. The highest BCUT2D eigenvalue weighted by molar-refractivity contribution is 7.91. The Bertz CT molecular complexity index is 659. The van der Waals surface area contributed by atoms with Crippen LogP contribution in [0.25, 0.3) is 10.9 Å². The minimum Gasteiger partial charge on any atom is -0.346 e. The molecule has 1 heterocycles. The molecular weight excluding hydrogens is 260 g/mol. The van der Waals surface area contributed by atoms with Crippen LogP contribution in [-0.4, -0.2) is 24.5 Å². The molecule has 2 rings (SSSR count). The fourth-order valence-corrected chi connectivity index (χ4v) is 3.50. The largest absolute Gasteiger partial charge is 0.346 e. The van der Waals surface area contributed by atoms with E-state index in [2.05, 4.69) is 0 Å². The lowest BCUT2D eigenvalue weighted by Gasteiger charge is -2.07. The summed E-state index contributed by atoms with van der Waals surface area (Å²) in [6.45, 7) is 2.88. The first-order valence-electron chi connectivity index (χ1n) is 6.54. The number of sulfone groups is 1. The van der Waals surface area contributed by atoms with Crippen molar-refractivity contribution >= 4 is 20.7 Å². The van der Waals surface area contributed by atoms with Crippen LogP contribution in [0.1, 0.15) is 18.9 Å². The topological polar surface area (TPSA) is 65.1 Å². The molecule has 0 bridgehead atoms. The van der Waals surface area contributed by atoms with Crippen LogP contribution in [0.4, 0.5) is 0 Å². The third-order valence-electron chi connectivity index (χ3n) is 3.23. The van der Waals surface area contributed by atoms with Crippen LogP contribution in [0, 0.1) is 0 Å². The second kappa shape index (κ2) is 5.75. The Morgan fingerprint density at radius 2 is 2.00 bits per heavy atom. The molecule has 0 spiro atoms. The van der Waals surface area contributed by atoms with Gasteiger partial charge in [0.25, 0.3) is 0 Å². The zero-order valence-corrected chi connectivity index (χ0v) is 12.0. The lowest BCUT2D eigenvalue weighted by Crippen LogP contribution is -2.15. The smallest absolute Gasteiger partial charge is 0.152 e. The summed E-state index contributed by atoms with van der Waals surface area (Å²) in [7, 11) is -2.94. The highest BCUT2D eigenvalue weighted by Crippen LogP contribution is 2.17. The molecule has 1 aromatic heterocycles. The Balaban J connectivity index is 2.21. The molecular formula is C14H20N2O2S. The minimum atomic E-state index is -2.94. The van der Waals surface area contributed by atoms with Gasteiger partial charge in [-0.25, -0.2) is 8.42 Å². The number of nitrogens with zero attached hydrogens (tertiary/aromatic N) is 1. The summed E-state index contributed by atoms with van der Waals surface area (Å²) in [4.78, 5) is 0. The first-order chi connectivity index (χ1) is 9.05. The molecule has 19 heavy (non-hydrogen) atoms. The van der Waals surface area contributed by atoms with Crippen LogP contribution >= 0.6 is 0 Å². The van der Waals surface area contributed by atoms with E-state index in [9.17, 15) is 8.42 Å². The highest BCUT2D eigenvalue weighted by atomic mass is 32.2. The number of rotatable bonds is 6. The van der Waals surface area contributed by atoms with Gasteiger partial charge >= 0.3 is 0 Å². The first-order valence-corrected chi connectivity index (χ1v) is 8.36. The first kappa shape index (κ1) is 14.1. The molecule has 104 valence electrons. The third-order valence-corrected chi connectivity index (χ3v) is 5.07. The molecule has 0 amide bonds. The number of aromatic nitrogens is 1. The van der Waals surface area contributed by atoms with Crippen molar-refractivity contribution < 1.29 is 8.42 Å². The molecule has 4 nitrogen and oxygen atoms in total. The van der Waals surface area contributed by atoms with Gasteiger partial charge in [0.15, 0.2) is 9.84 Å². The summed E-state index contributed by atoms with van der Waals surface area (Å²) in [5.74, 6) is 0.456. The zero-order valence-electron chi connectivity index (χ0n) is 11.2. The van der Waals surface area contributed by atoms with Crippen LogP contribution in [0.15, 0.2) is 30.5 Å². The zero-order chi connectivity index (χ0) is 13.9. The standard InChI is InChI=1S/C14H20N2O2S/c1-2-8-19(17,18)9-7-16-6-5-13-4-3-12(11-15)10-14(13)16/h3-6,10H,2,7-9,11,15H2,1H3. The fraction of sp³-hybridized carbons (Fsp3) is 0.429. The number of hydrogen-bond acceptors (Lipinski definition) is 3. The van der Waals surface area contributed by atoms with Gasteiger partial charge in [0.1, 0.15) is 0 Å². The molecule has 1 aromatic carbocycles. The molecule has 0 radical (unpaired) electrons. The Hall–Kier alpha value is -1.33. The van der Waals surface area contributed by atoms with Crippen molar-refractivity contribution in [2.24, 2.45) is 5.73 Å². The van der Waals surface area contributed by atoms with E-state index in [-0.39, 0.29) is 11.5 Å². The van der Waals surface area contributed by atoms with E-state index < -0.39 is 9.84 Å². The Kier molecular flexibility index (Phi) is 4.27. The molecule has 0 unspecified atom stereocenters. The van der Waals surface area contributed by atoms with E-state index in [4.69, 9.17) is 5.73 Å². The molecule has 0 aliphatic carbocycles. The molecule has 2 N–H and O–H groups in total. The van der Waals surface area contributed by atoms with Crippen LogP contribution in [-0.2, 0) is 22.9 Å². The predicted octanol–water partition coefficient (Wildman–Crippen LogP) is 1.92. The Morgan fingerprint density at radius 3 is 2.68 bits per heavy atom. The lowest BCUT2D eigenvalue weighted by atomic mass is 10.2. The van der Waals surface area contributed by atoms with E-state index in [1.54, 1.807) is 0 Å². The van der Waals surface area contributed by atoms with Gasteiger partial charge in [0.05, 0.1) is 5.75 Å². The summed E-state index contributed by atoms with van der Waals surface area (Å²) in [5.41, 5.74) is 7.75. The van der Waals surface area contributed by atoms with Crippen molar-refractivity contribution in [1.82, 2.24) is 4.57 Å². The molecule has 5 heteroatoms. The maximum Gasteiger partial charge on any atom is 0.152 e. The molecule has 0 atom stereocenters. The average Bonchev–Trinajstić information content (AvgIpc) is 2.78. The van der Waals surface area contributed by atoms with Crippen molar-refractivity contribution in [3.63, 3.8) is 0 Å². The van der Waals surface area contributed by atoms with Gasteiger partial charge in [0, 0.05) is 30.6 Å². The summed E-state index contributed by atoms with van der Waals surface area (Å²) in [6, 6.07) is 8.05. The fourth-order valence-electron chi connectivity index (χ4n) is 2.20. The summed E-state index contributed by atoms with van der Waals surface area (Å²) in [6.07, 6.45) is 2.61. The number of nitrogens with two attached hydrogens (primary N) is 1. The predicted molar refractivity (Wildman–Crippen MR) is 78.8 cm³/mol. The Morgan fingerprint density at radius 1 is 1.21 bits per heavy atom. The molecule has 0 aliphatic rings. The van der Waals surface area contributed by atoms with Crippen LogP contribution < -0.4 is 5.73 Å². The van der Waals surface area contributed by atoms with Crippen molar-refractivity contribution in [2.45, 2.75) is 26.4 Å². The number of fused-ring (bicyclic) bond motifs is 1. The summed E-state index contributed by atoms with van der Waals surface area (Å²) in [5, 5.41) is 1.12. The van der Waals surface area contributed by atoms with Gasteiger partial charge in [0.2, 0.25) is 0 Å². The second-order valence-corrected chi connectivity index (χ2v) is 7.06. The molecule has 0 aliphatic heterocycles. The average molecular weight is 280 g/mol. The van der Waals surface area contributed by atoms with E-state index in [0.717, 1.165) is 16.5 Å². The van der Waals surface area contributed by atoms with Gasteiger partial charge in [-0.15, -0.1) is 0 Å². The van der Waals surface area contributed by atoms with Gasteiger partial charge in [-0.05, 0) is 29.5 Å². The van der Waals surface area contributed by atoms with Gasteiger partial charge < -0.3 is 10.3 Å². The highest BCUT2D eigenvalue weighted by Gasteiger charge is 2.10. The van der Waals surface area contributed by atoms with E-state index in [0.29, 0.717) is 19.5 Å².